The molecule has 100 valence electrons. The van der Waals surface area contributed by atoms with E-state index in [1.165, 1.54) is 0 Å². The van der Waals surface area contributed by atoms with Crippen molar-refractivity contribution < 1.29 is 13.9 Å². The third-order valence-corrected chi connectivity index (χ3v) is 2.98. The van der Waals surface area contributed by atoms with E-state index in [-0.39, 0.29) is 11.7 Å². The Bertz CT molecular complexity index is 747. The minimum absolute atomic E-state index is 0.258. The van der Waals surface area contributed by atoms with E-state index in [2.05, 4.69) is 5.32 Å². The van der Waals surface area contributed by atoms with E-state index < -0.39 is 0 Å². The first-order valence-electron chi connectivity index (χ1n) is 6.21. The number of rotatable bonds is 3. The zero-order chi connectivity index (χ0) is 13.9. The maximum atomic E-state index is 12.1. The number of fused-ring (bicyclic) bond motifs is 1. The van der Waals surface area contributed by atoms with E-state index in [1.54, 1.807) is 19.2 Å². The van der Waals surface area contributed by atoms with Gasteiger partial charge < -0.3 is 14.5 Å². The number of furan rings is 1. The van der Waals surface area contributed by atoms with Crippen LogP contribution in [-0.2, 0) is 0 Å². The first kappa shape index (κ1) is 12.3. The molecule has 4 heteroatoms. The lowest BCUT2D eigenvalue weighted by Crippen LogP contribution is -2.10. The number of nitrogens with one attached hydrogen (secondary N) is 1. The maximum absolute atomic E-state index is 12.1. The van der Waals surface area contributed by atoms with E-state index in [9.17, 15) is 4.79 Å². The van der Waals surface area contributed by atoms with Crippen LogP contribution in [-0.4, -0.2) is 13.0 Å². The summed E-state index contributed by atoms with van der Waals surface area (Å²) in [7, 11) is 1.57. The van der Waals surface area contributed by atoms with Crippen LogP contribution in [0.15, 0.2) is 59.0 Å². The molecule has 2 aromatic carbocycles. The average Bonchev–Trinajstić information content (AvgIpc) is 2.92. The molecule has 0 aliphatic rings. The normalized spacial score (nSPS) is 10.4. The molecular weight excluding hydrogens is 254 g/mol. The molecule has 0 aliphatic heterocycles. The van der Waals surface area contributed by atoms with Crippen molar-refractivity contribution in [3.63, 3.8) is 0 Å². The van der Waals surface area contributed by atoms with Crippen LogP contribution in [0.25, 0.3) is 11.0 Å². The molecule has 1 heterocycles. The van der Waals surface area contributed by atoms with Crippen LogP contribution >= 0.6 is 0 Å². The summed E-state index contributed by atoms with van der Waals surface area (Å²) in [5.41, 5.74) is 1.30. The monoisotopic (exact) mass is 267 g/mol. The average molecular weight is 267 g/mol. The second kappa shape index (κ2) is 5.09. The summed E-state index contributed by atoms with van der Waals surface area (Å²) in [6.07, 6.45) is 0. The molecule has 3 aromatic rings. The minimum Gasteiger partial charge on any atom is -0.493 e. The molecule has 0 atom stereocenters. The van der Waals surface area contributed by atoms with Gasteiger partial charge in [0.1, 0.15) is 0 Å². The second-order valence-electron chi connectivity index (χ2n) is 4.31. The van der Waals surface area contributed by atoms with Crippen LogP contribution in [0.4, 0.5) is 5.69 Å². The Morgan fingerprint density at radius 3 is 2.65 bits per heavy atom. The number of methoxy groups -OCH3 is 1. The molecule has 0 aliphatic carbocycles. The highest BCUT2D eigenvalue weighted by atomic mass is 16.5. The quantitative estimate of drug-likeness (QED) is 0.787. The Labute approximate surface area is 116 Å². The fourth-order valence-electron chi connectivity index (χ4n) is 2.02. The van der Waals surface area contributed by atoms with E-state index in [1.807, 2.05) is 42.5 Å². The van der Waals surface area contributed by atoms with E-state index >= 15 is 0 Å². The van der Waals surface area contributed by atoms with E-state index in [4.69, 9.17) is 9.15 Å². The fraction of sp³-hybridized carbons (Fsp3) is 0.0625. The Balaban J connectivity index is 1.92. The van der Waals surface area contributed by atoms with Crippen LogP contribution in [0.1, 0.15) is 10.6 Å². The van der Waals surface area contributed by atoms with Crippen LogP contribution in [0.2, 0.25) is 0 Å². The summed E-state index contributed by atoms with van der Waals surface area (Å²) in [6.45, 7) is 0. The lowest BCUT2D eigenvalue weighted by Gasteiger charge is -2.02. The molecule has 0 radical (unpaired) electrons. The molecule has 1 N–H and O–H groups in total. The topological polar surface area (TPSA) is 51.5 Å². The molecular formula is C16H13NO3. The molecule has 0 unspecified atom stereocenters. The fourth-order valence-corrected chi connectivity index (χ4v) is 2.02. The van der Waals surface area contributed by atoms with Crippen LogP contribution in [0.5, 0.6) is 5.75 Å². The van der Waals surface area contributed by atoms with Crippen molar-refractivity contribution in [2.45, 2.75) is 0 Å². The zero-order valence-electron chi connectivity index (χ0n) is 10.9. The van der Waals surface area contributed by atoms with Crippen molar-refractivity contribution in [3.8, 4) is 5.75 Å². The summed E-state index contributed by atoms with van der Waals surface area (Å²) in [5, 5.41) is 3.62. The number of hydrogen-bond acceptors (Lipinski definition) is 3. The van der Waals surface area contributed by atoms with Crippen LogP contribution in [0.3, 0.4) is 0 Å². The van der Waals surface area contributed by atoms with Crippen LogP contribution < -0.4 is 10.1 Å². The number of carbonyl (C=O) groups is 1. The van der Waals surface area contributed by atoms with Crippen molar-refractivity contribution in [2.75, 3.05) is 12.4 Å². The summed E-state index contributed by atoms with van der Waals surface area (Å²) in [4.78, 5) is 12.1. The number of ether oxygens (including phenoxy) is 1. The highest BCUT2D eigenvalue weighted by Gasteiger charge is 2.14. The van der Waals surface area contributed by atoms with Gasteiger partial charge in [-0.05, 0) is 24.3 Å². The SMILES string of the molecule is COc1cccc2cc(C(=O)Nc3ccccc3)oc12. The van der Waals surface area contributed by atoms with Crippen LogP contribution in [0, 0.1) is 0 Å². The lowest BCUT2D eigenvalue weighted by atomic mass is 10.2. The molecule has 1 amide bonds. The predicted octanol–water partition coefficient (Wildman–Crippen LogP) is 3.69. The van der Waals surface area contributed by atoms with Crippen molar-refractivity contribution >= 4 is 22.6 Å². The third-order valence-electron chi connectivity index (χ3n) is 2.98. The Morgan fingerprint density at radius 1 is 1.10 bits per heavy atom. The summed E-state index contributed by atoms with van der Waals surface area (Å²) >= 11 is 0. The highest BCUT2D eigenvalue weighted by molar-refractivity contribution is 6.05. The molecule has 4 nitrogen and oxygen atoms in total. The number of benzene rings is 2. The molecule has 3 rings (SSSR count). The third kappa shape index (κ3) is 2.23. The number of para-hydroxylation sites is 2. The summed E-state index contributed by atoms with van der Waals surface area (Å²) in [6, 6.07) is 16.5. The first-order valence-corrected chi connectivity index (χ1v) is 6.21. The smallest absolute Gasteiger partial charge is 0.291 e. The van der Waals surface area contributed by atoms with Gasteiger partial charge in [-0.15, -0.1) is 0 Å². The second-order valence-corrected chi connectivity index (χ2v) is 4.31. The van der Waals surface area contributed by atoms with Gasteiger partial charge in [0.25, 0.3) is 5.91 Å². The predicted molar refractivity (Wildman–Crippen MR) is 77.2 cm³/mol. The number of amides is 1. The Kier molecular flexibility index (Phi) is 3.13. The first-order chi connectivity index (χ1) is 9.78. The summed E-state index contributed by atoms with van der Waals surface area (Å²) in [5.74, 6) is 0.587. The van der Waals surface area contributed by atoms with Gasteiger partial charge in [0.05, 0.1) is 7.11 Å². The van der Waals surface area contributed by atoms with Gasteiger partial charge in [-0.3, -0.25) is 4.79 Å². The van der Waals surface area contributed by atoms with Gasteiger partial charge in [-0.1, -0.05) is 30.3 Å². The minimum atomic E-state index is -0.283. The van der Waals surface area contributed by atoms with Crippen molar-refractivity contribution in [1.29, 1.82) is 0 Å². The van der Waals surface area contributed by atoms with Crippen molar-refractivity contribution in [3.05, 3.63) is 60.4 Å². The van der Waals surface area contributed by atoms with Gasteiger partial charge in [-0.2, -0.15) is 0 Å². The zero-order valence-corrected chi connectivity index (χ0v) is 10.9. The lowest BCUT2D eigenvalue weighted by molar-refractivity contribution is 0.0998. The molecule has 0 saturated carbocycles. The standard InChI is InChI=1S/C16H13NO3/c1-19-13-9-5-6-11-10-14(20-15(11)13)16(18)17-12-7-3-2-4-8-12/h2-10H,1H3,(H,17,18). The van der Waals surface area contributed by atoms with Crippen molar-refractivity contribution in [2.24, 2.45) is 0 Å². The Hall–Kier alpha value is -2.75. The van der Waals surface area contributed by atoms with Crippen molar-refractivity contribution in [1.82, 2.24) is 0 Å². The molecule has 0 saturated heterocycles. The largest absolute Gasteiger partial charge is 0.493 e. The van der Waals surface area contributed by atoms with Gasteiger partial charge in [-0.25, -0.2) is 0 Å². The van der Waals surface area contributed by atoms with Gasteiger partial charge in [0, 0.05) is 11.1 Å². The molecule has 0 bridgehead atoms. The Morgan fingerprint density at radius 2 is 1.90 bits per heavy atom. The van der Waals surface area contributed by atoms with Gasteiger partial charge in [0.2, 0.25) is 0 Å². The molecule has 1 aromatic heterocycles. The summed E-state index contributed by atoms with van der Waals surface area (Å²) < 4.78 is 10.8. The number of hydrogen-bond donors (Lipinski definition) is 1. The van der Waals surface area contributed by atoms with Gasteiger partial charge >= 0.3 is 0 Å². The van der Waals surface area contributed by atoms with E-state index in [0.29, 0.717) is 11.3 Å². The molecule has 20 heavy (non-hydrogen) atoms. The highest BCUT2D eigenvalue weighted by Crippen LogP contribution is 2.28. The number of anilines is 1. The molecule has 0 fully saturated rings. The maximum Gasteiger partial charge on any atom is 0.291 e. The molecule has 0 spiro atoms. The number of carbonyl (C=O) groups excluding carboxylic acids is 1. The van der Waals surface area contributed by atoms with Gasteiger partial charge in [0.15, 0.2) is 17.1 Å². The van der Waals surface area contributed by atoms with E-state index in [0.717, 1.165) is 11.1 Å².